The van der Waals surface area contributed by atoms with Gasteiger partial charge in [0.2, 0.25) is 0 Å². The molecule has 3 rings (SSSR count). The van der Waals surface area contributed by atoms with E-state index in [4.69, 9.17) is 0 Å². The molecule has 0 saturated carbocycles. The lowest BCUT2D eigenvalue weighted by Gasteiger charge is -2.29. The van der Waals surface area contributed by atoms with E-state index in [0.717, 1.165) is 25.0 Å². The predicted molar refractivity (Wildman–Crippen MR) is 94.9 cm³/mol. The van der Waals surface area contributed by atoms with Crippen LogP contribution in [0.3, 0.4) is 0 Å². The molecule has 2 amide bonds. The van der Waals surface area contributed by atoms with Crippen molar-refractivity contribution < 1.29 is 9.18 Å². The van der Waals surface area contributed by atoms with Crippen LogP contribution in [-0.2, 0) is 13.6 Å². The van der Waals surface area contributed by atoms with Gasteiger partial charge in [0.25, 0.3) is 0 Å². The monoisotopic (exact) mass is 349 g/mol. The maximum absolute atomic E-state index is 14.0. The van der Waals surface area contributed by atoms with E-state index in [2.05, 4.69) is 27.5 Å². The van der Waals surface area contributed by atoms with Crippen molar-refractivity contribution >= 4 is 6.03 Å². The summed E-state index contributed by atoms with van der Waals surface area (Å²) in [6.07, 6.45) is 8.76. The van der Waals surface area contributed by atoms with Gasteiger partial charge in [-0.25, -0.2) is 9.18 Å². The summed E-state index contributed by atoms with van der Waals surface area (Å²) in [5.74, 6) is 0. The van der Waals surface area contributed by atoms with Crippen LogP contribution >= 0.6 is 0 Å². The number of hydrogen-bond donors (Lipinski definition) is 1. The number of halogens is 1. The molecular weight excluding hydrogens is 321 g/mol. The Morgan fingerprint density at radius 3 is 3.04 bits per heavy atom. The minimum atomic E-state index is -0.837. The van der Waals surface area contributed by atoms with Crippen molar-refractivity contribution in [2.24, 2.45) is 7.05 Å². The van der Waals surface area contributed by atoms with Crippen LogP contribution in [0.15, 0.2) is 24.4 Å². The van der Waals surface area contributed by atoms with Crippen molar-refractivity contribution in [1.29, 1.82) is 0 Å². The van der Waals surface area contributed by atoms with E-state index in [1.807, 2.05) is 17.8 Å². The average molecular weight is 349 g/mol. The maximum atomic E-state index is 14.0. The second-order valence-corrected chi connectivity index (χ2v) is 7.16. The van der Waals surface area contributed by atoms with Gasteiger partial charge in [-0.1, -0.05) is 12.2 Å². The molecule has 1 aliphatic carbocycles. The van der Waals surface area contributed by atoms with Gasteiger partial charge >= 0.3 is 6.03 Å². The van der Waals surface area contributed by atoms with Crippen LogP contribution in [0.4, 0.5) is 9.18 Å². The number of likely N-dealkylation sites (N-methyl/N-ethyl adjacent to an activating group) is 1. The zero-order chi connectivity index (χ0) is 17.8. The maximum Gasteiger partial charge on any atom is 0.317 e. The van der Waals surface area contributed by atoms with Gasteiger partial charge in [0.1, 0.15) is 6.17 Å². The Labute approximate surface area is 148 Å². The topological polar surface area (TPSA) is 53.4 Å². The molecule has 2 aliphatic rings. The molecule has 0 spiro atoms. The van der Waals surface area contributed by atoms with Gasteiger partial charge in [0.15, 0.2) is 0 Å². The number of rotatable bonds is 5. The largest absolute Gasteiger partial charge is 0.332 e. The van der Waals surface area contributed by atoms with Gasteiger partial charge in [0.05, 0.1) is 5.69 Å². The number of aryl methyl sites for hydroxylation is 1. The summed E-state index contributed by atoms with van der Waals surface area (Å²) in [4.78, 5) is 16.2. The Morgan fingerprint density at radius 1 is 1.52 bits per heavy atom. The van der Waals surface area contributed by atoms with E-state index in [9.17, 15) is 9.18 Å². The third kappa shape index (κ3) is 4.60. The molecule has 1 aromatic rings. The van der Waals surface area contributed by atoms with E-state index in [1.54, 1.807) is 18.1 Å². The Morgan fingerprint density at radius 2 is 2.36 bits per heavy atom. The smallest absolute Gasteiger partial charge is 0.317 e. The molecule has 1 fully saturated rings. The number of nitrogens with one attached hydrogen (secondary N) is 1. The first-order valence-electron chi connectivity index (χ1n) is 9.06. The van der Waals surface area contributed by atoms with Crippen molar-refractivity contribution in [2.75, 3.05) is 20.1 Å². The van der Waals surface area contributed by atoms with E-state index in [-0.39, 0.29) is 18.1 Å². The molecule has 1 aromatic heterocycles. The molecule has 0 aromatic carbocycles. The Kier molecular flexibility index (Phi) is 5.73. The second kappa shape index (κ2) is 7.99. The standard InChI is InChI=1S/C18H28FN5O/c1-22(18(25)21-15-6-4-3-5-7-15)12-17-10-14(19)11-24(17)13-16-8-9-20-23(16)2/h4,6,8-9,14-15,17H,3,5,7,10-13H2,1-2H3,(H,21,25)/t14-,15+,17-/m0/s1. The third-order valence-electron chi connectivity index (χ3n) is 5.16. The van der Waals surface area contributed by atoms with Gasteiger partial charge in [-0.15, -0.1) is 0 Å². The highest BCUT2D eigenvalue weighted by Gasteiger charge is 2.34. The lowest BCUT2D eigenvalue weighted by molar-refractivity contribution is 0.171. The minimum absolute atomic E-state index is 0.0301. The molecule has 1 N–H and O–H groups in total. The molecular formula is C18H28FN5O. The lowest BCUT2D eigenvalue weighted by atomic mass is 10.0. The summed E-state index contributed by atoms with van der Waals surface area (Å²) in [5.41, 5.74) is 1.05. The summed E-state index contributed by atoms with van der Waals surface area (Å²) in [7, 11) is 3.68. The summed E-state index contributed by atoms with van der Waals surface area (Å²) >= 11 is 0. The first kappa shape index (κ1) is 17.9. The third-order valence-corrected chi connectivity index (χ3v) is 5.16. The quantitative estimate of drug-likeness (QED) is 0.828. The van der Waals surface area contributed by atoms with Crippen molar-refractivity contribution in [2.45, 2.75) is 50.5 Å². The lowest BCUT2D eigenvalue weighted by Crippen LogP contribution is -2.47. The van der Waals surface area contributed by atoms with Crippen molar-refractivity contribution in [1.82, 2.24) is 24.9 Å². The van der Waals surface area contributed by atoms with E-state index >= 15 is 0 Å². The zero-order valence-corrected chi connectivity index (χ0v) is 15.1. The molecule has 0 radical (unpaired) electrons. The van der Waals surface area contributed by atoms with Crippen LogP contribution in [0.1, 0.15) is 31.4 Å². The van der Waals surface area contributed by atoms with Crippen LogP contribution in [-0.4, -0.2) is 64.0 Å². The highest BCUT2D eigenvalue weighted by Crippen LogP contribution is 2.23. The van der Waals surface area contributed by atoms with E-state index in [0.29, 0.717) is 26.1 Å². The molecule has 25 heavy (non-hydrogen) atoms. The molecule has 138 valence electrons. The number of hydrogen-bond acceptors (Lipinski definition) is 3. The molecule has 2 heterocycles. The fourth-order valence-electron chi connectivity index (χ4n) is 3.67. The number of alkyl halides is 1. The SMILES string of the molecule is CN(C[C@@H]1C[C@H](F)CN1Cc1ccnn1C)C(=O)N[C@@H]1C=CCCC1. The fraction of sp³-hybridized carbons (Fsp3) is 0.667. The van der Waals surface area contributed by atoms with Crippen LogP contribution in [0, 0.1) is 0 Å². The summed E-state index contributed by atoms with van der Waals surface area (Å²) in [5, 5.41) is 7.22. The molecule has 3 atom stereocenters. The highest BCUT2D eigenvalue weighted by molar-refractivity contribution is 5.74. The van der Waals surface area contributed by atoms with E-state index < -0.39 is 6.17 Å². The number of carbonyl (C=O) groups is 1. The van der Waals surface area contributed by atoms with Crippen LogP contribution < -0.4 is 5.32 Å². The van der Waals surface area contributed by atoms with Crippen LogP contribution in [0.5, 0.6) is 0 Å². The van der Waals surface area contributed by atoms with Crippen LogP contribution in [0.25, 0.3) is 0 Å². The number of likely N-dealkylation sites (tertiary alicyclic amines) is 1. The van der Waals surface area contributed by atoms with Crippen molar-refractivity contribution in [3.63, 3.8) is 0 Å². The van der Waals surface area contributed by atoms with Crippen molar-refractivity contribution in [3.05, 3.63) is 30.1 Å². The first-order chi connectivity index (χ1) is 12.0. The molecule has 7 heteroatoms. The summed E-state index contributed by atoms with van der Waals surface area (Å²) in [6.45, 7) is 1.60. The summed E-state index contributed by atoms with van der Waals surface area (Å²) in [6, 6.07) is 2.02. The number of aromatic nitrogens is 2. The fourth-order valence-corrected chi connectivity index (χ4v) is 3.67. The van der Waals surface area contributed by atoms with Gasteiger partial charge in [-0.2, -0.15) is 5.10 Å². The van der Waals surface area contributed by atoms with Crippen LogP contribution in [0.2, 0.25) is 0 Å². The first-order valence-corrected chi connectivity index (χ1v) is 9.06. The normalized spacial score (nSPS) is 26.8. The van der Waals surface area contributed by atoms with Gasteiger partial charge < -0.3 is 10.2 Å². The second-order valence-electron chi connectivity index (χ2n) is 7.16. The molecule has 6 nitrogen and oxygen atoms in total. The summed E-state index contributed by atoms with van der Waals surface area (Å²) < 4.78 is 15.8. The molecule has 1 saturated heterocycles. The van der Waals surface area contributed by atoms with E-state index in [1.165, 1.54) is 0 Å². The zero-order valence-electron chi connectivity index (χ0n) is 15.1. The van der Waals surface area contributed by atoms with Gasteiger partial charge in [-0.05, 0) is 31.7 Å². The molecule has 0 unspecified atom stereocenters. The average Bonchev–Trinajstić information content (AvgIpc) is 3.14. The number of amides is 2. The number of allylic oxidation sites excluding steroid dienone is 1. The highest BCUT2D eigenvalue weighted by atomic mass is 19.1. The number of carbonyl (C=O) groups excluding carboxylic acids is 1. The van der Waals surface area contributed by atoms with Crippen molar-refractivity contribution in [3.8, 4) is 0 Å². The van der Waals surface area contributed by atoms with Gasteiger partial charge in [0, 0.05) is 52.0 Å². The predicted octanol–water partition coefficient (Wildman–Crippen LogP) is 2.08. The number of nitrogens with zero attached hydrogens (tertiary/aromatic N) is 4. The molecule has 0 bridgehead atoms. The Bertz CT molecular complexity index is 616. The molecule has 1 aliphatic heterocycles. The Balaban J connectivity index is 1.55. The van der Waals surface area contributed by atoms with Gasteiger partial charge in [-0.3, -0.25) is 9.58 Å². The number of urea groups is 1. The Hall–Kier alpha value is -1.89. The minimum Gasteiger partial charge on any atom is -0.332 e.